The maximum Gasteiger partial charge on any atom is 0.294 e. The number of hydrogen-bond donors (Lipinski definition) is 0. The minimum absolute atomic E-state index is 0.0892. The predicted octanol–water partition coefficient (Wildman–Crippen LogP) is 3.21. The number of methoxy groups -OCH3 is 1. The van der Waals surface area contributed by atoms with Crippen molar-refractivity contribution in [1.82, 2.24) is 4.90 Å². The second kappa shape index (κ2) is 7.70. The van der Waals surface area contributed by atoms with Gasteiger partial charge in [-0.1, -0.05) is 12.1 Å². The minimum atomic E-state index is -0.361. The topological polar surface area (TPSA) is 79.6 Å². The Morgan fingerprint density at radius 3 is 2.79 bits per heavy atom. The Hall–Kier alpha value is -2.72. The van der Waals surface area contributed by atoms with Crippen molar-refractivity contribution in [1.29, 1.82) is 5.26 Å². The summed E-state index contributed by atoms with van der Waals surface area (Å²) in [7, 11) is 1.48. The quantitative estimate of drug-likeness (QED) is 0.582. The van der Waals surface area contributed by atoms with Crippen LogP contribution in [0, 0.1) is 11.3 Å². The van der Waals surface area contributed by atoms with Crippen LogP contribution in [0.3, 0.4) is 0 Å². The van der Waals surface area contributed by atoms with Gasteiger partial charge in [0.15, 0.2) is 18.1 Å². The van der Waals surface area contributed by atoms with E-state index in [1.807, 2.05) is 6.07 Å². The van der Waals surface area contributed by atoms with Crippen molar-refractivity contribution in [2.75, 3.05) is 13.7 Å². The Labute approximate surface area is 144 Å². The Morgan fingerprint density at radius 1 is 1.42 bits per heavy atom. The van der Waals surface area contributed by atoms with Crippen molar-refractivity contribution in [3.63, 3.8) is 0 Å². The van der Waals surface area contributed by atoms with E-state index in [-0.39, 0.29) is 23.8 Å². The van der Waals surface area contributed by atoms with Crippen LogP contribution in [-0.2, 0) is 4.79 Å². The fraction of sp³-hybridized carbons (Fsp3) is 0.235. The molecule has 1 aliphatic rings. The van der Waals surface area contributed by atoms with Crippen molar-refractivity contribution < 1.29 is 19.1 Å². The molecule has 0 spiro atoms. The average Bonchev–Trinajstić information content (AvgIpc) is 2.86. The number of nitriles is 1. The molecule has 1 saturated heterocycles. The van der Waals surface area contributed by atoms with Gasteiger partial charge in [0.25, 0.3) is 11.1 Å². The summed E-state index contributed by atoms with van der Waals surface area (Å²) >= 11 is 0.888. The standard InChI is InChI=1S/C17H16N2O4S/c1-4-11(2)19-16(20)15(24-17(19)21)10-12-5-6-13(23-8-7-18)14(9-12)22-3/h4-6,9-11H,1,8H2,2-3H3/b15-10-/t11-/m0/s1. The van der Waals surface area contributed by atoms with Gasteiger partial charge >= 0.3 is 0 Å². The maximum atomic E-state index is 12.4. The summed E-state index contributed by atoms with van der Waals surface area (Å²) in [6, 6.07) is 6.57. The molecular weight excluding hydrogens is 328 g/mol. The van der Waals surface area contributed by atoms with Crippen molar-refractivity contribution in [2.45, 2.75) is 13.0 Å². The van der Waals surface area contributed by atoms with Crippen molar-refractivity contribution >= 4 is 29.0 Å². The fourth-order valence-electron chi connectivity index (χ4n) is 2.09. The SMILES string of the molecule is C=C[C@H](C)N1C(=O)S/C(=C\c2ccc(OCC#N)c(OC)c2)C1=O. The number of nitrogens with zero attached hydrogens (tertiary/aromatic N) is 2. The fourth-order valence-corrected chi connectivity index (χ4v) is 3.01. The third-order valence-electron chi connectivity index (χ3n) is 3.35. The lowest BCUT2D eigenvalue weighted by Crippen LogP contribution is -2.35. The molecule has 2 amide bonds. The summed E-state index contributed by atoms with van der Waals surface area (Å²) in [4.78, 5) is 25.9. The normalized spacial score (nSPS) is 16.9. The average molecular weight is 344 g/mol. The first kappa shape index (κ1) is 17.6. The predicted molar refractivity (Wildman–Crippen MR) is 91.6 cm³/mol. The van der Waals surface area contributed by atoms with E-state index in [1.165, 1.54) is 12.0 Å². The van der Waals surface area contributed by atoms with E-state index in [2.05, 4.69) is 6.58 Å². The van der Waals surface area contributed by atoms with Gasteiger partial charge in [-0.05, 0) is 42.5 Å². The molecule has 124 valence electrons. The molecule has 0 saturated carbocycles. The number of rotatable bonds is 6. The molecule has 0 aliphatic carbocycles. The van der Waals surface area contributed by atoms with Gasteiger partial charge in [0.1, 0.15) is 6.07 Å². The van der Waals surface area contributed by atoms with Crippen LogP contribution < -0.4 is 9.47 Å². The van der Waals surface area contributed by atoms with E-state index in [9.17, 15) is 9.59 Å². The van der Waals surface area contributed by atoms with Gasteiger partial charge < -0.3 is 9.47 Å². The van der Waals surface area contributed by atoms with Crippen LogP contribution in [0.4, 0.5) is 4.79 Å². The molecule has 1 aliphatic heterocycles. The Bertz CT molecular complexity index is 751. The molecule has 0 N–H and O–H groups in total. The number of carbonyl (C=O) groups is 2. The number of benzene rings is 1. The molecule has 0 aromatic heterocycles. The second-order valence-corrected chi connectivity index (χ2v) is 5.88. The molecule has 24 heavy (non-hydrogen) atoms. The summed E-state index contributed by atoms with van der Waals surface area (Å²) in [5, 5.41) is 8.25. The number of ether oxygens (including phenoxy) is 2. The molecule has 1 aromatic carbocycles. The van der Waals surface area contributed by atoms with Crippen molar-refractivity contribution in [3.8, 4) is 17.6 Å². The molecule has 7 heteroatoms. The van der Waals surface area contributed by atoms with Crippen molar-refractivity contribution in [2.24, 2.45) is 0 Å². The zero-order chi connectivity index (χ0) is 17.7. The number of amides is 2. The highest BCUT2D eigenvalue weighted by molar-refractivity contribution is 8.18. The van der Waals surface area contributed by atoms with Gasteiger partial charge in [0.05, 0.1) is 18.1 Å². The molecular formula is C17H16N2O4S. The summed E-state index contributed by atoms with van der Waals surface area (Å²) in [6.45, 7) is 5.26. The Kier molecular flexibility index (Phi) is 5.66. The number of hydrogen-bond acceptors (Lipinski definition) is 6. The molecule has 1 heterocycles. The largest absolute Gasteiger partial charge is 0.493 e. The van der Waals surface area contributed by atoms with Gasteiger partial charge in [-0.3, -0.25) is 14.5 Å². The summed E-state index contributed by atoms with van der Waals surface area (Å²) < 4.78 is 10.5. The lowest BCUT2D eigenvalue weighted by atomic mass is 10.1. The number of imide groups is 1. The van der Waals surface area contributed by atoms with Crippen LogP contribution in [-0.4, -0.2) is 35.8 Å². The highest BCUT2D eigenvalue weighted by Crippen LogP contribution is 2.35. The maximum absolute atomic E-state index is 12.4. The van der Waals surface area contributed by atoms with Crippen LogP contribution in [0.5, 0.6) is 11.5 Å². The minimum Gasteiger partial charge on any atom is -0.493 e. The van der Waals surface area contributed by atoms with Crippen LogP contribution in [0.2, 0.25) is 0 Å². The zero-order valence-electron chi connectivity index (χ0n) is 13.3. The number of carbonyl (C=O) groups excluding carboxylic acids is 2. The third-order valence-corrected chi connectivity index (χ3v) is 4.23. The molecule has 0 radical (unpaired) electrons. The molecule has 2 rings (SSSR count). The highest BCUT2D eigenvalue weighted by atomic mass is 32.2. The first-order chi connectivity index (χ1) is 11.5. The van der Waals surface area contributed by atoms with E-state index in [0.29, 0.717) is 22.0 Å². The highest BCUT2D eigenvalue weighted by Gasteiger charge is 2.37. The molecule has 1 aromatic rings. The number of thioether (sulfide) groups is 1. The van der Waals surface area contributed by atoms with Gasteiger partial charge in [0, 0.05) is 0 Å². The summed E-state index contributed by atoms with van der Waals surface area (Å²) in [5.41, 5.74) is 0.688. The first-order valence-electron chi connectivity index (χ1n) is 7.09. The second-order valence-electron chi connectivity index (χ2n) is 4.89. The van der Waals surface area contributed by atoms with E-state index < -0.39 is 0 Å². The van der Waals surface area contributed by atoms with Crippen LogP contribution in [0.15, 0.2) is 35.8 Å². The summed E-state index contributed by atoms with van der Waals surface area (Å²) in [5.74, 6) is 0.531. The molecule has 0 bridgehead atoms. The molecule has 1 atom stereocenters. The van der Waals surface area contributed by atoms with Gasteiger partial charge in [-0.15, -0.1) is 6.58 Å². The zero-order valence-corrected chi connectivity index (χ0v) is 14.1. The smallest absolute Gasteiger partial charge is 0.294 e. The Balaban J connectivity index is 2.28. The van der Waals surface area contributed by atoms with E-state index >= 15 is 0 Å². The van der Waals surface area contributed by atoms with Gasteiger partial charge in [0.2, 0.25) is 0 Å². The Morgan fingerprint density at radius 2 is 2.17 bits per heavy atom. The molecule has 6 nitrogen and oxygen atoms in total. The third kappa shape index (κ3) is 3.60. The van der Waals surface area contributed by atoms with E-state index in [0.717, 1.165) is 11.8 Å². The van der Waals surface area contributed by atoms with E-state index in [4.69, 9.17) is 14.7 Å². The van der Waals surface area contributed by atoms with Gasteiger partial charge in [-0.2, -0.15) is 5.26 Å². The molecule has 1 fully saturated rings. The van der Waals surface area contributed by atoms with E-state index in [1.54, 1.807) is 37.3 Å². The van der Waals surface area contributed by atoms with Crippen LogP contribution in [0.1, 0.15) is 12.5 Å². The lowest BCUT2D eigenvalue weighted by molar-refractivity contribution is -0.123. The summed E-state index contributed by atoms with van der Waals surface area (Å²) in [6.07, 6.45) is 3.17. The molecule has 0 unspecified atom stereocenters. The van der Waals surface area contributed by atoms with Crippen LogP contribution in [0.25, 0.3) is 6.08 Å². The van der Waals surface area contributed by atoms with Gasteiger partial charge in [-0.25, -0.2) is 0 Å². The monoisotopic (exact) mass is 344 g/mol. The lowest BCUT2D eigenvalue weighted by Gasteiger charge is -2.17. The van der Waals surface area contributed by atoms with Crippen LogP contribution >= 0.6 is 11.8 Å². The first-order valence-corrected chi connectivity index (χ1v) is 7.91. The van der Waals surface area contributed by atoms with Crippen molar-refractivity contribution in [3.05, 3.63) is 41.3 Å².